The molecule has 37 heavy (non-hydrogen) atoms. The number of allylic oxidation sites excluding steroid dienone is 2. The summed E-state index contributed by atoms with van der Waals surface area (Å²) in [7, 11) is 0. The lowest BCUT2D eigenvalue weighted by molar-refractivity contribution is 0.514. The molecule has 0 unspecified atom stereocenters. The summed E-state index contributed by atoms with van der Waals surface area (Å²) in [6.07, 6.45) is 7.15. The number of rotatable bonds is 6. The minimum atomic E-state index is -0.282. The Bertz CT molecular complexity index is 1660. The maximum atomic E-state index is 14.0. The number of nitrogens with one attached hydrogen (secondary N) is 2. The Morgan fingerprint density at radius 1 is 1.16 bits per heavy atom. The molecule has 0 aliphatic carbocycles. The fourth-order valence-electron chi connectivity index (χ4n) is 4.81. The molecule has 0 saturated carbocycles. The molecule has 5 aromatic rings. The number of aromatic nitrogens is 5. The van der Waals surface area contributed by atoms with Crippen molar-refractivity contribution in [3.8, 4) is 22.6 Å². The Morgan fingerprint density at radius 3 is 2.81 bits per heavy atom. The lowest BCUT2D eigenvalue weighted by atomic mass is 9.97. The Labute approximate surface area is 213 Å². The van der Waals surface area contributed by atoms with E-state index in [1.54, 1.807) is 24.5 Å². The van der Waals surface area contributed by atoms with Gasteiger partial charge in [0.15, 0.2) is 0 Å². The van der Waals surface area contributed by atoms with Crippen LogP contribution in [-0.2, 0) is 0 Å². The summed E-state index contributed by atoms with van der Waals surface area (Å²) in [5, 5.41) is 8.70. The van der Waals surface area contributed by atoms with Gasteiger partial charge in [-0.2, -0.15) is 5.10 Å². The normalized spacial score (nSPS) is 14.2. The molecule has 3 aromatic heterocycles. The average Bonchev–Trinajstić information content (AvgIpc) is 3.48. The summed E-state index contributed by atoms with van der Waals surface area (Å²) >= 11 is 0. The number of nitrogens with zero attached hydrogens (tertiary/aromatic N) is 4. The second-order valence-corrected chi connectivity index (χ2v) is 9.31. The zero-order valence-electron chi connectivity index (χ0n) is 20.4. The van der Waals surface area contributed by atoms with Crippen LogP contribution in [0.15, 0.2) is 79.7 Å². The van der Waals surface area contributed by atoms with Crippen molar-refractivity contribution < 1.29 is 4.39 Å². The molecule has 1 aliphatic rings. The van der Waals surface area contributed by atoms with Gasteiger partial charge in [-0.25, -0.2) is 9.37 Å². The van der Waals surface area contributed by atoms with Crippen molar-refractivity contribution in [2.24, 2.45) is 5.73 Å². The highest BCUT2D eigenvalue weighted by atomic mass is 19.1. The van der Waals surface area contributed by atoms with Crippen LogP contribution in [-0.4, -0.2) is 44.3 Å². The third kappa shape index (κ3) is 4.21. The Kier molecular flexibility index (Phi) is 5.65. The van der Waals surface area contributed by atoms with Gasteiger partial charge >= 0.3 is 0 Å². The van der Waals surface area contributed by atoms with Crippen LogP contribution in [0.4, 0.5) is 10.2 Å². The van der Waals surface area contributed by atoms with E-state index >= 15 is 0 Å². The van der Waals surface area contributed by atoms with Crippen LogP contribution in [0.5, 0.6) is 0 Å². The van der Waals surface area contributed by atoms with Crippen molar-refractivity contribution in [2.45, 2.75) is 13.0 Å². The van der Waals surface area contributed by atoms with Gasteiger partial charge in [-0.15, -0.1) is 0 Å². The molecule has 7 nitrogen and oxygen atoms in total. The first-order valence-electron chi connectivity index (χ1n) is 12.1. The van der Waals surface area contributed by atoms with Crippen molar-refractivity contribution >= 4 is 22.3 Å². The van der Waals surface area contributed by atoms with Gasteiger partial charge in [-0.05, 0) is 48.4 Å². The molecular formula is C29H26FN7. The van der Waals surface area contributed by atoms with Gasteiger partial charge in [0.2, 0.25) is 0 Å². The van der Waals surface area contributed by atoms with Crippen LogP contribution < -0.4 is 10.6 Å². The fourth-order valence-corrected chi connectivity index (χ4v) is 4.81. The van der Waals surface area contributed by atoms with Crippen LogP contribution in [0.1, 0.15) is 16.8 Å². The van der Waals surface area contributed by atoms with Gasteiger partial charge < -0.3 is 15.6 Å². The highest BCUT2D eigenvalue weighted by Gasteiger charge is 2.25. The summed E-state index contributed by atoms with van der Waals surface area (Å²) < 4.78 is 14.0. The molecule has 1 fully saturated rings. The van der Waals surface area contributed by atoms with Crippen LogP contribution in [0.3, 0.4) is 0 Å². The van der Waals surface area contributed by atoms with E-state index in [4.69, 9.17) is 10.7 Å². The summed E-state index contributed by atoms with van der Waals surface area (Å²) in [6, 6.07) is 14.9. The maximum absolute atomic E-state index is 14.0. The number of H-pyrrole nitrogens is 2. The van der Waals surface area contributed by atoms with Crippen molar-refractivity contribution in [2.75, 3.05) is 18.0 Å². The molecule has 4 N–H and O–H groups in total. The topological polar surface area (TPSA) is 99.5 Å². The quantitative estimate of drug-likeness (QED) is 0.283. The molecular weight excluding hydrogens is 465 g/mol. The van der Waals surface area contributed by atoms with Crippen LogP contribution in [0.25, 0.3) is 39.1 Å². The number of hydrogen-bond donors (Lipinski definition) is 3. The fraction of sp³-hybridized carbons (Fsp3) is 0.138. The average molecular weight is 492 g/mol. The number of aromatic amines is 2. The van der Waals surface area contributed by atoms with E-state index in [2.05, 4.69) is 37.7 Å². The van der Waals surface area contributed by atoms with Crippen LogP contribution in [0.2, 0.25) is 0 Å². The van der Waals surface area contributed by atoms with E-state index in [1.807, 2.05) is 37.3 Å². The molecule has 1 aliphatic heterocycles. The summed E-state index contributed by atoms with van der Waals surface area (Å²) in [5.41, 5.74) is 13.8. The highest BCUT2D eigenvalue weighted by Crippen LogP contribution is 2.34. The largest absolute Gasteiger partial charge is 0.357 e. The van der Waals surface area contributed by atoms with Crippen molar-refractivity contribution in [1.29, 1.82) is 0 Å². The van der Waals surface area contributed by atoms with Gasteiger partial charge in [0.1, 0.15) is 17.3 Å². The first-order chi connectivity index (χ1) is 18.0. The van der Waals surface area contributed by atoms with E-state index < -0.39 is 0 Å². The number of fused-ring (bicyclic) bond motifs is 1. The zero-order valence-corrected chi connectivity index (χ0v) is 20.4. The Hall–Kier alpha value is -4.56. The number of hydrogen-bond acceptors (Lipinski definition) is 5. The minimum absolute atomic E-state index is 0.187. The Morgan fingerprint density at radius 2 is 2.03 bits per heavy atom. The molecule has 6 rings (SSSR count). The van der Waals surface area contributed by atoms with E-state index in [0.29, 0.717) is 0 Å². The lowest BCUT2D eigenvalue weighted by Crippen LogP contribution is -2.56. The van der Waals surface area contributed by atoms with Gasteiger partial charge in [0.05, 0.1) is 29.3 Å². The van der Waals surface area contributed by atoms with Crippen molar-refractivity contribution in [3.63, 3.8) is 0 Å². The molecule has 184 valence electrons. The second kappa shape index (κ2) is 9.15. The van der Waals surface area contributed by atoms with Gasteiger partial charge in [-0.1, -0.05) is 36.9 Å². The lowest BCUT2D eigenvalue weighted by Gasteiger charge is -2.37. The number of benzene rings is 2. The standard InChI is InChI=1S/C29H26FN7/c1-3-5-22(18-6-4-7-20(30)10-18)23-12-26(33-17(23)2)29-24-11-19(8-9-25(24)35-36-29)27-13-32-14-28(34-27)37-15-21(31)16-37/h3-14,21,33H,1,15-16,31H2,2H3,(H,35,36)/b22-5-. The molecule has 0 bridgehead atoms. The molecule has 4 heterocycles. The SMILES string of the molecule is C=C/C=C(/c1cccc(F)c1)c1cc(-c2n[nH]c3ccc(-c4cncc(N5CC(N)C5)n4)cc23)[nH]c1C. The monoisotopic (exact) mass is 491 g/mol. The molecule has 0 radical (unpaired) electrons. The predicted molar refractivity (Wildman–Crippen MR) is 146 cm³/mol. The minimum Gasteiger partial charge on any atom is -0.357 e. The number of anilines is 1. The number of halogens is 1. The van der Waals surface area contributed by atoms with Gasteiger partial charge in [0, 0.05) is 41.3 Å². The van der Waals surface area contributed by atoms with Crippen molar-refractivity contribution in [1.82, 2.24) is 25.1 Å². The second-order valence-electron chi connectivity index (χ2n) is 9.31. The highest BCUT2D eigenvalue weighted by molar-refractivity contribution is 5.96. The summed E-state index contributed by atoms with van der Waals surface area (Å²) in [5.74, 6) is 0.547. The van der Waals surface area contributed by atoms with Crippen LogP contribution >= 0.6 is 0 Å². The van der Waals surface area contributed by atoms with Gasteiger partial charge in [-0.3, -0.25) is 10.1 Å². The van der Waals surface area contributed by atoms with E-state index in [9.17, 15) is 4.39 Å². The first-order valence-corrected chi connectivity index (χ1v) is 12.1. The van der Waals surface area contributed by atoms with E-state index in [0.717, 1.165) is 74.8 Å². The molecule has 0 spiro atoms. The molecule has 2 aromatic carbocycles. The molecule has 0 atom stereocenters. The van der Waals surface area contributed by atoms with Crippen LogP contribution in [0, 0.1) is 12.7 Å². The number of aryl methyl sites for hydroxylation is 1. The van der Waals surface area contributed by atoms with E-state index in [-0.39, 0.29) is 11.9 Å². The smallest absolute Gasteiger partial charge is 0.147 e. The maximum Gasteiger partial charge on any atom is 0.147 e. The predicted octanol–water partition coefficient (Wildman–Crippen LogP) is 5.23. The molecule has 1 saturated heterocycles. The number of nitrogens with two attached hydrogens (primary N) is 1. The Balaban J connectivity index is 1.39. The van der Waals surface area contributed by atoms with Gasteiger partial charge in [0.25, 0.3) is 0 Å². The van der Waals surface area contributed by atoms with E-state index in [1.165, 1.54) is 12.1 Å². The summed E-state index contributed by atoms with van der Waals surface area (Å²) in [4.78, 5) is 14.8. The summed E-state index contributed by atoms with van der Waals surface area (Å²) in [6.45, 7) is 7.42. The molecule has 8 heteroatoms. The van der Waals surface area contributed by atoms with Crippen molar-refractivity contribution in [3.05, 3.63) is 102 Å². The third-order valence-electron chi connectivity index (χ3n) is 6.69. The molecule has 0 amide bonds. The zero-order chi connectivity index (χ0) is 25.5. The third-order valence-corrected chi connectivity index (χ3v) is 6.69. The first kappa shape index (κ1) is 22.9.